The van der Waals surface area contributed by atoms with Crippen LogP contribution < -0.4 is 5.32 Å². The number of aromatic nitrogens is 2. The number of piperazine rings is 1. The van der Waals surface area contributed by atoms with Crippen LogP contribution in [0.25, 0.3) is 11.5 Å². The molecule has 32 heavy (non-hydrogen) atoms. The number of fused-ring (bicyclic) bond motifs is 3. The third kappa shape index (κ3) is 3.50. The fourth-order valence-electron chi connectivity index (χ4n) is 5.25. The highest BCUT2D eigenvalue weighted by Gasteiger charge is 2.38. The second-order valence-electron chi connectivity index (χ2n) is 9.05. The highest BCUT2D eigenvalue weighted by atomic mass is 35.5. The smallest absolute Gasteiger partial charge is 0.257 e. The fourth-order valence-corrected chi connectivity index (χ4v) is 5.37. The van der Waals surface area contributed by atoms with Crippen molar-refractivity contribution in [3.8, 4) is 11.5 Å². The Morgan fingerprint density at radius 1 is 1.22 bits per heavy atom. The van der Waals surface area contributed by atoms with Gasteiger partial charge in [0, 0.05) is 54.4 Å². The number of rotatable bonds is 5. The molecule has 0 aliphatic carbocycles. The Labute approximate surface area is 191 Å². The van der Waals surface area contributed by atoms with Crippen molar-refractivity contribution in [3.63, 3.8) is 0 Å². The van der Waals surface area contributed by atoms with Crippen molar-refractivity contribution < 1.29 is 9.32 Å². The van der Waals surface area contributed by atoms with Crippen LogP contribution >= 0.6 is 11.6 Å². The topological polar surface area (TPSA) is 74.5 Å². The second kappa shape index (κ2) is 7.69. The molecule has 3 aromatic rings. The summed E-state index contributed by atoms with van der Waals surface area (Å²) in [4.78, 5) is 22.0. The summed E-state index contributed by atoms with van der Waals surface area (Å²) in [6.07, 6.45) is 1.20. The maximum absolute atomic E-state index is 13.0. The van der Waals surface area contributed by atoms with Crippen molar-refractivity contribution >= 4 is 17.5 Å². The minimum Gasteiger partial charge on any atom is -0.334 e. The van der Waals surface area contributed by atoms with E-state index in [-0.39, 0.29) is 5.91 Å². The first-order chi connectivity index (χ1) is 15.5. The molecule has 164 valence electrons. The van der Waals surface area contributed by atoms with Gasteiger partial charge in [0.2, 0.25) is 0 Å². The molecular formula is C24H24ClN5O2. The lowest BCUT2D eigenvalue weighted by Gasteiger charge is -2.25. The molecule has 3 aliphatic heterocycles. The van der Waals surface area contributed by atoms with E-state index in [1.165, 1.54) is 6.42 Å². The molecular weight excluding hydrogens is 426 g/mol. The number of carbonyl (C=O) groups excluding carboxylic acids is 1. The number of nitrogens with one attached hydrogen (secondary N) is 1. The van der Waals surface area contributed by atoms with Gasteiger partial charge in [-0.3, -0.25) is 9.69 Å². The third-order valence-electron chi connectivity index (χ3n) is 6.80. The molecule has 8 heteroatoms. The molecule has 1 N–H and O–H groups in total. The van der Waals surface area contributed by atoms with E-state index in [4.69, 9.17) is 16.1 Å². The molecule has 3 aliphatic rings. The van der Waals surface area contributed by atoms with Crippen molar-refractivity contribution in [1.82, 2.24) is 25.3 Å². The van der Waals surface area contributed by atoms with Crippen LogP contribution in [-0.2, 0) is 19.6 Å². The van der Waals surface area contributed by atoms with Gasteiger partial charge >= 0.3 is 0 Å². The van der Waals surface area contributed by atoms with Crippen LogP contribution in [0.2, 0.25) is 5.02 Å². The molecule has 2 saturated heterocycles. The number of benzene rings is 2. The average Bonchev–Trinajstić information content (AvgIpc) is 3.55. The van der Waals surface area contributed by atoms with Crippen LogP contribution in [-0.4, -0.2) is 51.0 Å². The van der Waals surface area contributed by atoms with Crippen LogP contribution in [0.1, 0.15) is 39.3 Å². The Kier molecular flexibility index (Phi) is 4.78. The molecule has 6 rings (SSSR count). The van der Waals surface area contributed by atoms with Crippen LogP contribution in [0.15, 0.2) is 40.9 Å². The van der Waals surface area contributed by atoms with Gasteiger partial charge in [0.25, 0.3) is 11.8 Å². The number of carbonyl (C=O) groups is 1. The minimum absolute atomic E-state index is 0.0583. The molecule has 7 nitrogen and oxygen atoms in total. The third-order valence-corrected chi connectivity index (χ3v) is 7.05. The quantitative estimate of drug-likeness (QED) is 0.643. The number of halogens is 1. The summed E-state index contributed by atoms with van der Waals surface area (Å²) in [5.41, 5.74) is 4.64. The van der Waals surface area contributed by atoms with Gasteiger partial charge in [-0.2, -0.15) is 4.98 Å². The summed E-state index contributed by atoms with van der Waals surface area (Å²) in [5.74, 6) is 1.28. The van der Waals surface area contributed by atoms with Crippen molar-refractivity contribution in [2.45, 2.75) is 45.1 Å². The largest absolute Gasteiger partial charge is 0.334 e. The Balaban J connectivity index is 1.21. The van der Waals surface area contributed by atoms with E-state index in [1.54, 1.807) is 0 Å². The molecule has 0 saturated carbocycles. The van der Waals surface area contributed by atoms with Gasteiger partial charge in [0.15, 0.2) is 5.82 Å². The zero-order chi connectivity index (χ0) is 21.8. The molecule has 0 spiro atoms. The predicted molar refractivity (Wildman–Crippen MR) is 120 cm³/mol. The van der Waals surface area contributed by atoms with Gasteiger partial charge in [-0.05, 0) is 54.3 Å². The molecule has 0 unspecified atom stereocenters. The number of aryl methyl sites for hydroxylation is 1. The van der Waals surface area contributed by atoms with E-state index in [1.807, 2.05) is 48.2 Å². The Morgan fingerprint density at radius 3 is 2.81 bits per heavy atom. The summed E-state index contributed by atoms with van der Waals surface area (Å²) < 4.78 is 5.60. The summed E-state index contributed by atoms with van der Waals surface area (Å²) in [7, 11) is 0. The first-order valence-corrected chi connectivity index (χ1v) is 11.4. The molecule has 2 aromatic carbocycles. The maximum atomic E-state index is 13.0. The highest BCUT2D eigenvalue weighted by molar-refractivity contribution is 6.30. The van der Waals surface area contributed by atoms with E-state index in [0.29, 0.717) is 48.5 Å². The zero-order valence-corrected chi connectivity index (χ0v) is 18.6. The van der Waals surface area contributed by atoms with E-state index in [0.717, 1.165) is 40.9 Å². The molecule has 2 fully saturated rings. The highest BCUT2D eigenvalue weighted by Crippen LogP contribution is 2.32. The standard InChI is InChI=1S/C24H24ClN5O2/c1-14-6-16(23-27-21(28-32-23)13-29-12-19-8-20(29)9-26-19)7-17-11-30(24(31)22(14)17)10-15-2-4-18(25)5-3-15/h2-7,19-20,26H,8-13H2,1H3/t19-,20-/m0/s1. The average molecular weight is 450 g/mol. The van der Waals surface area contributed by atoms with Gasteiger partial charge in [0.05, 0.1) is 6.54 Å². The molecule has 1 amide bonds. The number of amides is 1. The molecule has 2 bridgehead atoms. The number of hydrogen-bond donors (Lipinski definition) is 1. The SMILES string of the molecule is Cc1cc(-c2nc(CN3C[C@@H]4C[C@H]3CN4)no2)cc2c1C(=O)N(Cc1ccc(Cl)cc1)C2. The van der Waals surface area contributed by atoms with Gasteiger partial charge in [-0.25, -0.2) is 0 Å². The van der Waals surface area contributed by atoms with Crippen molar-refractivity contribution in [2.24, 2.45) is 0 Å². The number of nitrogens with zero attached hydrogens (tertiary/aromatic N) is 4. The zero-order valence-electron chi connectivity index (χ0n) is 17.8. The predicted octanol–water partition coefficient (Wildman–Crippen LogP) is 3.40. The molecule has 4 heterocycles. The van der Waals surface area contributed by atoms with Crippen molar-refractivity contribution in [3.05, 3.63) is 69.5 Å². The van der Waals surface area contributed by atoms with Crippen molar-refractivity contribution in [2.75, 3.05) is 13.1 Å². The van der Waals surface area contributed by atoms with Crippen LogP contribution in [0.4, 0.5) is 0 Å². The fraction of sp³-hybridized carbons (Fsp3) is 0.375. The Bertz CT molecular complexity index is 1190. The first-order valence-electron chi connectivity index (χ1n) is 11.0. The van der Waals surface area contributed by atoms with Crippen LogP contribution in [0, 0.1) is 6.92 Å². The Hall–Kier alpha value is -2.74. The van der Waals surface area contributed by atoms with Gasteiger partial charge < -0.3 is 14.7 Å². The van der Waals surface area contributed by atoms with Gasteiger partial charge in [-0.1, -0.05) is 28.9 Å². The number of hydrogen-bond acceptors (Lipinski definition) is 6. The monoisotopic (exact) mass is 449 g/mol. The van der Waals surface area contributed by atoms with Crippen LogP contribution in [0.5, 0.6) is 0 Å². The Morgan fingerprint density at radius 2 is 2.06 bits per heavy atom. The lowest BCUT2D eigenvalue weighted by Crippen LogP contribution is -2.43. The van der Waals surface area contributed by atoms with E-state index in [2.05, 4.69) is 20.4 Å². The second-order valence-corrected chi connectivity index (χ2v) is 9.49. The van der Waals surface area contributed by atoms with E-state index in [9.17, 15) is 4.79 Å². The summed E-state index contributed by atoms with van der Waals surface area (Å²) >= 11 is 5.99. The summed E-state index contributed by atoms with van der Waals surface area (Å²) in [6.45, 7) is 5.88. The normalized spacial score (nSPS) is 22.2. The maximum Gasteiger partial charge on any atom is 0.257 e. The van der Waals surface area contributed by atoms with Gasteiger partial charge in [-0.15, -0.1) is 0 Å². The van der Waals surface area contributed by atoms with Crippen molar-refractivity contribution in [1.29, 1.82) is 0 Å². The van der Waals surface area contributed by atoms with Crippen LogP contribution in [0.3, 0.4) is 0 Å². The lowest BCUT2D eigenvalue weighted by atomic mass is 10.0. The van der Waals surface area contributed by atoms with E-state index >= 15 is 0 Å². The molecule has 2 atom stereocenters. The first kappa shape index (κ1) is 19.9. The summed E-state index contributed by atoms with van der Waals surface area (Å²) in [6, 6.07) is 12.8. The molecule has 0 radical (unpaired) electrons. The van der Waals surface area contributed by atoms with E-state index < -0.39 is 0 Å². The summed E-state index contributed by atoms with van der Waals surface area (Å²) in [5, 5.41) is 8.43. The minimum atomic E-state index is 0.0583. The number of likely N-dealkylation sites (tertiary alicyclic amines) is 1. The molecule has 1 aromatic heterocycles. The van der Waals surface area contributed by atoms with Gasteiger partial charge in [0.1, 0.15) is 0 Å². The lowest BCUT2D eigenvalue weighted by molar-refractivity contribution is 0.0766.